The normalized spacial score (nSPS) is 11.9. The summed E-state index contributed by atoms with van der Waals surface area (Å²) in [5.41, 5.74) is 5.63. The summed E-state index contributed by atoms with van der Waals surface area (Å²) in [6, 6.07) is 31.3. The van der Waals surface area contributed by atoms with Crippen molar-refractivity contribution in [3.63, 3.8) is 0 Å². The van der Waals surface area contributed by atoms with Crippen molar-refractivity contribution in [3.8, 4) is 0 Å². The molecule has 1 unspecified atom stereocenters. The van der Waals surface area contributed by atoms with Crippen molar-refractivity contribution >= 4 is 22.4 Å². The molecule has 0 saturated carbocycles. The van der Waals surface area contributed by atoms with Gasteiger partial charge in [-0.05, 0) is 58.9 Å². The van der Waals surface area contributed by atoms with Crippen LogP contribution >= 0.6 is 0 Å². The van der Waals surface area contributed by atoms with Crippen molar-refractivity contribution in [2.45, 2.75) is 52.1 Å². The first kappa shape index (κ1) is 23.7. The predicted octanol–water partition coefficient (Wildman–Crippen LogP) is 7.21. The number of anilines is 1. The van der Waals surface area contributed by atoms with E-state index in [0.29, 0.717) is 0 Å². The van der Waals surface area contributed by atoms with Gasteiger partial charge in [-0.3, -0.25) is 4.79 Å². The summed E-state index contributed by atoms with van der Waals surface area (Å²) in [6.07, 6.45) is 3.19. The van der Waals surface area contributed by atoms with Crippen LogP contribution in [0, 0.1) is 0 Å². The van der Waals surface area contributed by atoms with Crippen LogP contribution in [0.2, 0.25) is 0 Å². The second-order valence-corrected chi connectivity index (χ2v) is 8.96. The minimum Gasteiger partial charge on any atom is -0.325 e. The quantitative estimate of drug-likeness (QED) is 0.268. The van der Waals surface area contributed by atoms with Crippen molar-refractivity contribution in [2.24, 2.45) is 0 Å². The zero-order valence-electron chi connectivity index (χ0n) is 20.2. The van der Waals surface area contributed by atoms with Crippen LogP contribution in [-0.2, 0) is 24.3 Å². The van der Waals surface area contributed by atoms with E-state index in [-0.39, 0.29) is 11.8 Å². The van der Waals surface area contributed by atoms with E-state index in [0.717, 1.165) is 54.4 Å². The molecule has 3 nitrogen and oxygen atoms in total. The summed E-state index contributed by atoms with van der Waals surface area (Å²) in [5.74, 6) is -0.214. The molecule has 0 saturated heterocycles. The molecule has 0 radical (unpaired) electrons. The van der Waals surface area contributed by atoms with E-state index in [1.807, 2.05) is 31.2 Å². The van der Waals surface area contributed by atoms with E-state index in [9.17, 15) is 4.79 Å². The second kappa shape index (κ2) is 11.6. The van der Waals surface area contributed by atoms with E-state index < -0.39 is 0 Å². The van der Waals surface area contributed by atoms with Crippen molar-refractivity contribution in [2.75, 3.05) is 5.32 Å². The van der Waals surface area contributed by atoms with Crippen LogP contribution in [0.5, 0.6) is 0 Å². The average molecular weight is 451 g/mol. The highest BCUT2D eigenvalue weighted by Gasteiger charge is 2.19. The van der Waals surface area contributed by atoms with E-state index >= 15 is 0 Å². The maximum Gasteiger partial charge on any atom is 0.231 e. The summed E-state index contributed by atoms with van der Waals surface area (Å²) >= 11 is 0. The van der Waals surface area contributed by atoms with E-state index in [4.69, 9.17) is 0 Å². The molecule has 1 atom stereocenters. The Morgan fingerprint density at radius 1 is 0.824 bits per heavy atom. The van der Waals surface area contributed by atoms with Crippen LogP contribution in [0.1, 0.15) is 54.9 Å². The first-order valence-corrected chi connectivity index (χ1v) is 12.3. The van der Waals surface area contributed by atoms with Gasteiger partial charge in [-0.1, -0.05) is 98.3 Å². The lowest BCUT2D eigenvalue weighted by Gasteiger charge is -2.18. The SMILES string of the molecule is CCCCc1ccc(CNCc2ccccc2)cc1NC(=O)C(C)c1cccc2ccccc12. The Labute approximate surface area is 203 Å². The fourth-order valence-corrected chi connectivity index (χ4v) is 4.39. The molecule has 0 bridgehead atoms. The number of unbranched alkanes of at least 4 members (excludes halogenated alkanes) is 1. The average Bonchev–Trinajstić information content (AvgIpc) is 2.88. The number of hydrogen-bond acceptors (Lipinski definition) is 2. The Kier molecular flexibility index (Phi) is 8.11. The van der Waals surface area contributed by atoms with Crippen molar-refractivity contribution in [1.29, 1.82) is 0 Å². The van der Waals surface area contributed by atoms with Gasteiger partial charge >= 0.3 is 0 Å². The summed E-state index contributed by atoms with van der Waals surface area (Å²) in [4.78, 5) is 13.4. The van der Waals surface area contributed by atoms with Crippen LogP contribution in [0.15, 0.2) is 91.0 Å². The first-order valence-electron chi connectivity index (χ1n) is 12.3. The first-order chi connectivity index (χ1) is 16.7. The Hall–Kier alpha value is -3.43. The fraction of sp³-hybridized carbons (Fsp3) is 0.258. The number of fused-ring (bicyclic) bond motifs is 1. The molecule has 4 aromatic rings. The van der Waals surface area contributed by atoms with Crippen LogP contribution in [0.4, 0.5) is 5.69 Å². The van der Waals surface area contributed by atoms with Gasteiger partial charge in [0.05, 0.1) is 5.92 Å². The number of benzene rings is 4. The van der Waals surface area contributed by atoms with Crippen LogP contribution in [0.25, 0.3) is 10.8 Å². The molecular formula is C31H34N2O. The van der Waals surface area contributed by atoms with Crippen LogP contribution in [-0.4, -0.2) is 5.91 Å². The number of amides is 1. The van der Waals surface area contributed by atoms with Gasteiger partial charge in [-0.2, -0.15) is 0 Å². The minimum atomic E-state index is -0.245. The van der Waals surface area contributed by atoms with Gasteiger partial charge in [0.25, 0.3) is 0 Å². The lowest BCUT2D eigenvalue weighted by atomic mass is 9.94. The van der Waals surface area contributed by atoms with Gasteiger partial charge in [0, 0.05) is 18.8 Å². The Morgan fingerprint density at radius 2 is 1.56 bits per heavy atom. The molecule has 0 aliphatic rings. The largest absolute Gasteiger partial charge is 0.325 e. The summed E-state index contributed by atoms with van der Waals surface area (Å²) in [7, 11) is 0. The Bertz CT molecular complexity index is 1230. The summed E-state index contributed by atoms with van der Waals surface area (Å²) in [5, 5.41) is 9.08. The molecule has 0 spiro atoms. The van der Waals surface area contributed by atoms with Crippen molar-refractivity contribution in [1.82, 2.24) is 5.32 Å². The number of rotatable bonds is 10. The molecule has 0 aliphatic heterocycles. The lowest BCUT2D eigenvalue weighted by Crippen LogP contribution is -2.20. The van der Waals surface area contributed by atoms with Crippen molar-refractivity contribution in [3.05, 3.63) is 113 Å². The number of hydrogen-bond donors (Lipinski definition) is 2. The molecule has 0 fully saturated rings. The Balaban J connectivity index is 1.50. The third-order valence-electron chi connectivity index (χ3n) is 6.42. The highest BCUT2D eigenvalue weighted by molar-refractivity contribution is 5.99. The number of aryl methyl sites for hydroxylation is 1. The molecule has 1 amide bonds. The van der Waals surface area contributed by atoms with Gasteiger partial charge in [0.15, 0.2) is 0 Å². The molecule has 34 heavy (non-hydrogen) atoms. The van der Waals surface area contributed by atoms with E-state index in [2.05, 4.69) is 84.3 Å². The molecule has 0 aliphatic carbocycles. The molecule has 2 N–H and O–H groups in total. The third kappa shape index (κ3) is 5.92. The molecule has 0 aromatic heterocycles. The monoisotopic (exact) mass is 450 g/mol. The fourth-order valence-electron chi connectivity index (χ4n) is 4.39. The standard InChI is InChI=1S/C31H34N2O/c1-3-4-13-27-19-18-25(22-32-21-24-11-6-5-7-12-24)20-30(27)33-31(34)23(2)28-17-10-15-26-14-8-9-16-29(26)28/h5-12,14-20,23,32H,3-4,13,21-22H2,1-2H3,(H,33,34). The minimum absolute atomic E-state index is 0.0310. The zero-order chi connectivity index (χ0) is 23.8. The van der Waals surface area contributed by atoms with Crippen molar-refractivity contribution < 1.29 is 4.79 Å². The maximum absolute atomic E-state index is 13.4. The van der Waals surface area contributed by atoms with Gasteiger partial charge in [-0.15, -0.1) is 0 Å². The summed E-state index contributed by atoms with van der Waals surface area (Å²) in [6.45, 7) is 5.76. The third-order valence-corrected chi connectivity index (χ3v) is 6.42. The van der Waals surface area contributed by atoms with Gasteiger partial charge in [-0.25, -0.2) is 0 Å². The van der Waals surface area contributed by atoms with Crippen LogP contribution in [0.3, 0.4) is 0 Å². The smallest absolute Gasteiger partial charge is 0.231 e. The topological polar surface area (TPSA) is 41.1 Å². The predicted molar refractivity (Wildman–Crippen MR) is 143 cm³/mol. The molecule has 0 heterocycles. The molecule has 3 heteroatoms. The van der Waals surface area contributed by atoms with Gasteiger partial charge < -0.3 is 10.6 Å². The molecular weight excluding hydrogens is 416 g/mol. The second-order valence-electron chi connectivity index (χ2n) is 8.96. The molecule has 174 valence electrons. The van der Waals surface area contributed by atoms with Gasteiger partial charge in [0.1, 0.15) is 0 Å². The van der Waals surface area contributed by atoms with Crippen LogP contribution < -0.4 is 10.6 Å². The highest BCUT2D eigenvalue weighted by atomic mass is 16.1. The zero-order valence-corrected chi connectivity index (χ0v) is 20.2. The lowest BCUT2D eigenvalue weighted by molar-refractivity contribution is -0.117. The van der Waals surface area contributed by atoms with Gasteiger partial charge in [0.2, 0.25) is 5.91 Å². The van der Waals surface area contributed by atoms with E-state index in [1.165, 1.54) is 16.7 Å². The number of carbonyl (C=O) groups is 1. The molecule has 4 rings (SSSR count). The number of nitrogens with one attached hydrogen (secondary N) is 2. The molecule has 4 aromatic carbocycles. The highest BCUT2D eigenvalue weighted by Crippen LogP contribution is 2.28. The van der Waals surface area contributed by atoms with E-state index in [1.54, 1.807) is 0 Å². The summed E-state index contributed by atoms with van der Waals surface area (Å²) < 4.78 is 0. The Morgan fingerprint density at radius 3 is 2.38 bits per heavy atom. The number of carbonyl (C=O) groups excluding carboxylic acids is 1. The maximum atomic E-state index is 13.4.